The lowest BCUT2D eigenvalue weighted by molar-refractivity contribution is -0.136. The Balaban J connectivity index is 1.95. The number of aromatic carboxylic acids is 1. The van der Waals surface area contributed by atoms with Gasteiger partial charge < -0.3 is 9.84 Å². The highest BCUT2D eigenvalue weighted by molar-refractivity contribution is 5.89. The van der Waals surface area contributed by atoms with E-state index in [0.29, 0.717) is 5.69 Å². The van der Waals surface area contributed by atoms with Crippen molar-refractivity contribution in [1.29, 1.82) is 0 Å². The van der Waals surface area contributed by atoms with Crippen LogP contribution in [0.25, 0.3) is 28.0 Å². The van der Waals surface area contributed by atoms with E-state index >= 15 is 0 Å². The van der Waals surface area contributed by atoms with E-state index in [1.807, 2.05) is 0 Å². The van der Waals surface area contributed by atoms with Crippen molar-refractivity contribution in [2.24, 2.45) is 0 Å². The maximum absolute atomic E-state index is 13.9. The van der Waals surface area contributed by atoms with Crippen molar-refractivity contribution < 1.29 is 36.6 Å². The van der Waals surface area contributed by atoms with Gasteiger partial charge in [0.05, 0.1) is 33.6 Å². The van der Waals surface area contributed by atoms with Gasteiger partial charge in [-0.1, -0.05) is 12.1 Å². The van der Waals surface area contributed by atoms with Crippen LogP contribution in [-0.2, 0) is 6.18 Å². The Morgan fingerprint density at radius 3 is 2.39 bits per heavy atom. The number of alkyl halides is 5. The van der Waals surface area contributed by atoms with Gasteiger partial charge in [0, 0.05) is 5.56 Å². The summed E-state index contributed by atoms with van der Waals surface area (Å²) in [5.74, 6) is -1.39. The zero-order valence-electron chi connectivity index (χ0n) is 16.8. The van der Waals surface area contributed by atoms with Crippen LogP contribution in [0, 0.1) is 6.92 Å². The predicted molar refractivity (Wildman–Crippen MR) is 108 cm³/mol. The van der Waals surface area contributed by atoms with Crippen molar-refractivity contribution >= 4 is 17.0 Å². The van der Waals surface area contributed by atoms with E-state index in [1.54, 1.807) is 0 Å². The van der Waals surface area contributed by atoms with Crippen molar-refractivity contribution in [2.45, 2.75) is 19.7 Å². The van der Waals surface area contributed by atoms with Crippen LogP contribution in [0.3, 0.4) is 0 Å². The van der Waals surface area contributed by atoms with Gasteiger partial charge in [-0.3, -0.25) is 0 Å². The fraction of sp³-hybridized carbons (Fsp3) is 0.136. The summed E-state index contributed by atoms with van der Waals surface area (Å²) in [5, 5.41) is 13.0. The molecule has 0 fully saturated rings. The number of carbonyl (C=O) groups is 1. The van der Waals surface area contributed by atoms with Crippen LogP contribution in [0.15, 0.2) is 54.6 Å². The smallest absolute Gasteiger partial charge is 0.417 e. The lowest BCUT2D eigenvalue weighted by Gasteiger charge is -2.12. The van der Waals surface area contributed by atoms with E-state index in [9.17, 15) is 26.7 Å². The van der Waals surface area contributed by atoms with Crippen LogP contribution < -0.4 is 4.74 Å². The first-order valence-corrected chi connectivity index (χ1v) is 9.41. The lowest BCUT2D eigenvalue weighted by atomic mass is 10.0. The second-order valence-corrected chi connectivity index (χ2v) is 7.01. The fourth-order valence-electron chi connectivity index (χ4n) is 3.42. The minimum atomic E-state index is -4.75. The molecule has 0 spiro atoms. The van der Waals surface area contributed by atoms with Gasteiger partial charge in [0.15, 0.2) is 5.65 Å². The maximum Gasteiger partial charge on any atom is 0.417 e. The number of hydrogen-bond donors (Lipinski definition) is 1. The summed E-state index contributed by atoms with van der Waals surface area (Å²) in [6.07, 6.45) is -4.75. The number of carboxylic acids is 1. The van der Waals surface area contributed by atoms with Crippen LogP contribution in [0.4, 0.5) is 22.0 Å². The van der Waals surface area contributed by atoms with E-state index in [1.165, 1.54) is 54.1 Å². The van der Waals surface area contributed by atoms with E-state index in [0.717, 1.165) is 12.1 Å². The largest absolute Gasteiger partial charge is 0.478 e. The van der Waals surface area contributed by atoms with Gasteiger partial charge in [-0.25, -0.2) is 14.5 Å². The molecule has 33 heavy (non-hydrogen) atoms. The van der Waals surface area contributed by atoms with Crippen LogP contribution in [0.1, 0.15) is 21.6 Å². The summed E-state index contributed by atoms with van der Waals surface area (Å²) in [7, 11) is 0. The fourth-order valence-corrected chi connectivity index (χ4v) is 3.42. The number of pyridine rings is 1. The molecule has 1 N–H and O–H groups in total. The molecule has 170 valence electrons. The van der Waals surface area contributed by atoms with Crippen LogP contribution in [0.2, 0.25) is 0 Å². The first-order chi connectivity index (χ1) is 15.5. The quantitative estimate of drug-likeness (QED) is 0.384. The second kappa shape index (κ2) is 8.15. The van der Waals surface area contributed by atoms with E-state index in [-0.39, 0.29) is 39.3 Å². The molecule has 0 bridgehead atoms. The molecule has 6 nitrogen and oxygen atoms in total. The highest BCUT2D eigenvalue weighted by Crippen LogP contribution is 2.39. The summed E-state index contributed by atoms with van der Waals surface area (Å²) in [4.78, 5) is 15.4. The average Bonchev–Trinajstić information content (AvgIpc) is 3.08. The molecular formula is C22H14F5N3O3. The summed E-state index contributed by atoms with van der Waals surface area (Å²) >= 11 is 0. The highest BCUT2D eigenvalue weighted by atomic mass is 19.4. The summed E-state index contributed by atoms with van der Waals surface area (Å²) in [6.45, 7) is -1.70. The molecule has 0 aliphatic carbocycles. The number of aryl methyl sites for hydroxylation is 1. The van der Waals surface area contributed by atoms with Gasteiger partial charge in [-0.2, -0.15) is 27.1 Å². The molecular weight excluding hydrogens is 449 g/mol. The van der Waals surface area contributed by atoms with Crippen molar-refractivity contribution in [1.82, 2.24) is 14.8 Å². The third kappa shape index (κ3) is 4.34. The van der Waals surface area contributed by atoms with Gasteiger partial charge in [0.1, 0.15) is 5.75 Å². The highest BCUT2D eigenvalue weighted by Gasteiger charge is 2.36. The molecule has 2 aromatic carbocycles. The Morgan fingerprint density at radius 2 is 1.79 bits per heavy atom. The first-order valence-electron chi connectivity index (χ1n) is 9.41. The molecule has 2 aromatic heterocycles. The second-order valence-electron chi connectivity index (χ2n) is 7.01. The summed E-state index contributed by atoms with van der Waals surface area (Å²) in [5.41, 5.74) is -0.759. The Hall–Kier alpha value is -4.02. The summed E-state index contributed by atoms with van der Waals surface area (Å²) < 4.78 is 72.5. The number of benzene rings is 2. The van der Waals surface area contributed by atoms with E-state index in [2.05, 4.69) is 14.8 Å². The van der Waals surface area contributed by atoms with Crippen LogP contribution in [0.5, 0.6) is 5.75 Å². The first kappa shape index (κ1) is 22.2. The molecule has 0 saturated heterocycles. The predicted octanol–water partition coefficient (Wildman–Crippen LogP) is 5.71. The number of rotatable bonds is 5. The van der Waals surface area contributed by atoms with E-state index < -0.39 is 24.3 Å². The molecule has 0 unspecified atom stereocenters. The van der Waals surface area contributed by atoms with Crippen LogP contribution in [-0.4, -0.2) is 32.5 Å². The van der Waals surface area contributed by atoms with Gasteiger partial charge in [-0.05, 0) is 49.4 Å². The number of nitrogens with zero attached hydrogens (tertiary/aromatic N) is 3. The van der Waals surface area contributed by atoms with Gasteiger partial charge in [0.2, 0.25) is 0 Å². The number of hydrogen-bond acceptors (Lipinski definition) is 4. The van der Waals surface area contributed by atoms with Crippen molar-refractivity contribution in [3.05, 3.63) is 71.4 Å². The van der Waals surface area contributed by atoms with Crippen molar-refractivity contribution in [3.63, 3.8) is 0 Å². The Labute approximate surface area is 182 Å². The van der Waals surface area contributed by atoms with Gasteiger partial charge in [0.25, 0.3) is 0 Å². The van der Waals surface area contributed by atoms with Crippen molar-refractivity contribution in [3.8, 4) is 22.7 Å². The average molecular weight is 463 g/mol. The number of fused-ring (bicyclic) bond motifs is 1. The Morgan fingerprint density at radius 1 is 1.09 bits per heavy atom. The molecule has 0 aliphatic heterocycles. The third-order valence-corrected chi connectivity index (χ3v) is 4.83. The molecule has 4 aromatic rings. The maximum atomic E-state index is 13.9. The monoisotopic (exact) mass is 463 g/mol. The van der Waals surface area contributed by atoms with Gasteiger partial charge in [-0.15, -0.1) is 0 Å². The molecule has 2 heterocycles. The zero-order chi connectivity index (χ0) is 23.9. The SMILES string of the molecule is Cc1nn(-c2ccc(C(=O)O)cc2)c2nc(-c3cccc(OC(F)F)c3)cc(C(F)(F)F)c12. The van der Waals surface area contributed by atoms with Gasteiger partial charge >= 0.3 is 18.8 Å². The number of halogens is 5. The standard InChI is InChI=1S/C22H14F5N3O3/c1-11-18-16(22(25,26)27)10-17(13-3-2-4-15(9-13)33-21(23)24)28-19(18)30(29-11)14-7-5-12(6-8-14)20(31)32/h2-10,21H,1H3,(H,31,32). The minimum absolute atomic E-state index is 0.00703. The molecule has 4 rings (SSSR count). The van der Waals surface area contributed by atoms with E-state index in [4.69, 9.17) is 5.11 Å². The number of aromatic nitrogens is 3. The Bertz CT molecular complexity index is 1350. The molecule has 0 radical (unpaired) electrons. The number of carboxylic acid groups (broad SMARTS) is 1. The minimum Gasteiger partial charge on any atom is -0.478 e. The summed E-state index contributed by atoms with van der Waals surface area (Å²) in [6, 6.07) is 11.4. The molecule has 0 atom stereocenters. The Kier molecular flexibility index (Phi) is 5.48. The molecule has 0 saturated carbocycles. The zero-order valence-corrected chi connectivity index (χ0v) is 16.8. The normalized spacial score (nSPS) is 11.8. The number of ether oxygens (including phenoxy) is 1. The molecule has 0 amide bonds. The molecule has 11 heteroatoms. The topological polar surface area (TPSA) is 77.2 Å². The third-order valence-electron chi connectivity index (χ3n) is 4.83. The van der Waals surface area contributed by atoms with Crippen LogP contribution >= 0.6 is 0 Å². The lowest BCUT2D eigenvalue weighted by Crippen LogP contribution is -2.08. The van der Waals surface area contributed by atoms with Crippen molar-refractivity contribution in [2.75, 3.05) is 0 Å². The molecule has 0 aliphatic rings.